The van der Waals surface area contributed by atoms with Gasteiger partial charge in [-0.05, 0) is 46.1 Å². The average Bonchev–Trinajstić information content (AvgIpc) is 2.13. The zero-order valence-corrected chi connectivity index (χ0v) is 11.3. The van der Waals surface area contributed by atoms with Gasteiger partial charge in [-0.2, -0.15) is 0 Å². The molecule has 1 aliphatic rings. The van der Waals surface area contributed by atoms with Crippen LogP contribution in [0.5, 0.6) is 0 Å². The van der Waals surface area contributed by atoms with Crippen LogP contribution in [0, 0.1) is 11.8 Å². The number of likely N-dealkylation sites (N-methyl/N-ethyl adjacent to an activating group) is 1. The van der Waals surface area contributed by atoms with E-state index < -0.39 is 0 Å². The third-order valence-corrected chi connectivity index (χ3v) is 3.99. The van der Waals surface area contributed by atoms with Crippen LogP contribution in [-0.2, 0) is 0 Å². The summed E-state index contributed by atoms with van der Waals surface area (Å²) >= 11 is 0. The minimum Gasteiger partial charge on any atom is -0.314 e. The molecule has 15 heavy (non-hydrogen) atoms. The molecule has 90 valence electrons. The summed E-state index contributed by atoms with van der Waals surface area (Å²) in [5, 5.41) is 3.40. The van der Waals surface area contributed by atoms with Crippen molar-refractivity contribution in [2.24, 2.45) is 11.8 Å². The Labute approximate surface area is 95.4 Å². The molecule has 2 nitrogen and oxygen atoms in total. The summed E-state index contributed by atoms with van der Waals surface area (Å²) in [4.78, 5) is 2.65. The van der Waals surface area contributed by atoms with Crippen molar-refractivity contribution < 1.29 is 0 Å². The largest absolute Gasteiger partial charge is 0.314 e. The SMILES string of the molecule is CNC(C)(C)CN1CC(C)CC(C)C1C. The van der Waals surface area contributed by atoms with E-state index in [1.807, 2.05) is 0 Å². The molecule has 1 rings (SSSR count). The third kappa shape index (κ3) is 3.46. The van der Waals surface area contributed by atoms with Gasteiger partial charge in [0.05, 0.1) is 0 Å². The molecular weight excluding hydrogens is 184 g/mol. The predicted octanol–water partition coefficient (Wildman–Crippen LogP) is 2.35. The van der Waals surface area contributed by atoms with Gasteiger partial charge >= 0.3 is 0 Å². The second kappa shape index (κ2) is 4.84. The van der Waals surface area contributed by atoms with Gasteiger partial charge in [0.25, 0.3) is 0 Å². The Morgan fingerprint density at radius 1 is 1.27 bits per heavy atom. The van der Waals surface area contributed by atoms with E-state index in [0.717, 1.165) is 24.4 Å². The van der Waals surface area contributed by atoms with E-state index in [1.165, 1.54) is 13.0 Å². The van der Waals surface area contributed by atoms with Gasteiger partial charge in [0.15, 0.2) is 0 Å². The number of piperidine rings is 1. The monoisotopic (exact) mass is 212 g/mol. The standard InChI is InChI=1S/C13H28N2/c1-10-7-11(2)12(3)15(8-10)9-13(4,5)14-6/h10-12,14H,7-9H2,1-6H3. The smallest absolute Gasteiger partial charge is 0.0249 e. The highest BCUT2D eigenvalue weighted by Crippen LogP contribution is 2.27. The second-order valence-corrected chi connectivity index (χ2v) is 6.12. The van der Waals surface area contributed by atoms with Gasteiger partial charge in [-0.1, -0.05) is 13.8 Å². The molecule has 0 aliphatic carbocycles. The summed E-state index contributed by atoms with van der Waals surface area (Å²) in [6.07, 6.45) is 1.39. The van der Waals surface area contributed by atoms with Crippen LogP contribution in [0.4, 0.5) is 0 Å². The molecule has 0 amide bonds. The number of nitrogens with one attached hydrogen (secondary N) is 1. The highest BCUT2D eigenvalue weighted by Gasteiger charge is 2.31. The van der Waals surface area contributed by atoms with Crippen LogP contribution in [0.2, 0.25) is 0 Å². The summed E-state index contributed by atoms with van der Waals surface area (Å²) in [6, 6.07) is 0.730. The molecule has 0 aromatic heterocycles. The van der Waals surface area contributed by atoms with Crippen molar-refractivity contribution in [1.82, 2.24) is 10.2 Å². The van der Waals surface area contributed by atoms with Crippen molar-refractivity contribution in [3.63, 3.8) is 0 Å². The minimum absolute atomic E-state index is 0.227. The Bertz CT molecular complexity index is 201. The fourth-order valence-electron chi connectivity index (χ4n) is 2.63. The van der Waals surface area contributed by atoms with Gasteiger partial charge < -0.3 is 5.32 Å². The Kier molecular flexibility index (Phi) is 4.19. The zero-order chi connectivity index (χ0) is 11.6. The van der Waals surface area contributed by atoms with Crippen LogP contribution in [0.3, 0.4) is 0 Å². The van der Waals surface area contributed by atoms with Crippen molar-refractivity contribution in [1.29, 1.82) is 0 Å². The van der Waals surface area contributed by atoms with Crippen molar-refractivity contribution in [2.45, 2.75) is 52.6 Å². The molecule has 0 bridgehead atoms. The van der Waals surface area contributed by atoms with E-state index in [-0.39, 0.29) is 5.54 Å². The maximum Gasteiger partial charge on any atom is 0.0249 e. The molecule has 0 saturated carbocycles. The van der Waals surface area contributed by atoms with Gasteiger partial charge in [0, 0.05) is 24.7 Å². The van der Waals surface area contributed by atoms with Crippen molar-refractivity contribution in [2.75, 3.05) is 20.1 Å². The molecule has 0 spiro atoms. The molecular formula is C13H28N2. The highest BCUT2D eigenvalue weighted by atomic mass is 15.2. The predicted molar refractivity (Wildman–Crippen MR) is 67.1 cm³/mol. The number of hydrogen-bond acceptors (Lipinski definition) is 2. The topological polar surface area (TPSA) is 15.3 Å². The molecule has 0 aromatic carbocycles. The van der Waals surface area contributed by atoms with Gasteiger partial charge in [0.2, 0.25) is 0 Å². The van der Waals surface area contributed by atoms with Crippen LogP contribution in [-0.4, -0.2) is 36.6 Å². The summed E-state index contributed by atoms with van der Waals surface area (Å²) in [6.45, 7) is 14.1. The summed E-state index contributed by atoms with van der Waals surface area (Å²) in [5.41, 5.74) is 0.227. The first kappa shape index (κ1) is 13.0. The lowest BCUT2D eigenvalue weighted by Gasteiger charge is -2.44. The van der Waals surface area contributed by atoms with Crippen LogP contribution in [0.15, 0.2) is 0 Å². The van der Waals surface area contributed by atoms with Crippen LogP contribution in [0.1, 0.15) is 41.0 Å². The van der Waals surface area contributed by atoms with E-state index in [1.54, 1.807) is 0 Å². The first-order valence-electron chi connectivity index (χ1n) is 6.28. The molecule has 1 N–H and O–H groups in total. The molecule has 1 heterocycles. The lowest BCUT2D eigenvalue weighted by molar-refractivity contribution is 0.0584. The van der Waals surface area contributed by atoms with Gasteiger partial charge in [0.1, 0.15) is 0 Å². The molecule has 1 fully saturated rings. The fraction of sp³-hybridized carbons (Fsp3) is 1.00. The highest BCUT2D eigenvalue weighted by molar-refractivity contribution is 4.88. The normalized spacial score (nSPS) is 34.4. The van der Waals surface area contributed by atoms with Gasteiger partial charge in [-0.15, -0.1) is 0 Å². The van der Waals surface area contributed by atoms with Gasteiger partial charge in [-0.3, -0.25) is 4.90 Å². The van der Waals surface area contributed by atoms with Gasteiger partial charge in [-0.25, -0.2) is 0 Å². The number of hydrogen-bond donors (Lipinski definition) is 1. The van der Waals surface area contributed by atoms with E-state index in [0.29, 0.717) is 0 Å². The Morgan fingerprint density at radius 3 is 2.40 bits per heavy atom. The quantitative estimate of drug-likeness (QED) is 0.772. The summed E-state index contributed by atoms with van der Waals surface area (Å²) in [5.74, 6) is 1.69. The lowest BCUT2D eigenvalue weighted by atomic mass is 9.85. The minimum atomic E-state index is 0.227. The Morgan fingerprint density at radius 2 is 1.87 bits per heavy atom. The molecule has 3 atom stereocenters. The van der Waals surface area contributed by atoms with Crippen LogP contribution in [0.25, 0.3) is 0 Å². The number of rotatable bonds is 3. The van der Waals surface area contributed by atoms with Crippen LogP contribution < -0.4 is 5.32 Å². The number of likely N-dealkylation sites (tertiary alicyclic amines) is 1. The molecule has 2 heteroatoms. The lowest BCUT2D eigenvalue weighted by Crippen LogP contribution is -2.54. The maximum atomic E-state index is 3.40. The molecule has 3 unspecified atom stereocenters. The van der Waals surface area contributed by atoms with Crippen LogP contribution >= 0.6 is 0 Å². The van der Waals surface area contributed by atoms with E-state index >= 15 is 0 Å². The number of nitrogens with zero attached hydrogens (tertiary/aromatic N) is 1. The summed E-state index contributed by atoms with van der Waals surface area (Å²) < 4.78 is 0. The van der Waals surface area contributed by atoms with E-state index in [2.05, 4.69) is 51.9 Å². The van der Waals surface area contributed by atoms with Crippen molar-refractivity contribution >= 4 is 0 Å². The molecule has 0 aromatic rings. The fourth-order valence-corrected chi connectivity index (χ4v) is 2.63. The summed E-state index contributed by atoms with van der Waals surface area (Å²) in [7, 11) is 2.06. The molecule has 1 aliphatic heterocycles. The van der Waals surface area contributed by atoms with E-state index in [4.69, 9.17) is 0 Å². The third-order valence-electron chi connectivity index (χ3n) is 3.99. The second-order valence-electron chi connectivity index (χ2n) is 6.12. The average molecular weight is 212 g/mol. The molecule has 1 saturated heterocycles. The Balaban J connectivity index is 2.59. The van der Waals surface area contributed by atoms with Crippen molar-refractivity contribution in [3.05, 3.63) is 0 Å². The first-order chi connectivity index (χ1) is 6.85. The Hall–Kier alpha value is -0.0800. The first-order valence-corrected chi connectivity index (χ1v) is 6.28. The van der Waals surface area contributed by atoms with E-state index in [9.17, 15) is 0 Å². The molecule has 0 radical (unpaired) electrons. The van der Waals surface area contributed by atoms with Crippen molar-refractivity contribution in [3.8, 4) is 0 Å². The maximum absolute atomic E-state index is 3.40. The zero-order valence-electron chi connectivity index (χ0n) is 11.3.